The zero-order valence-corrected chi connectivity index (χ0v) is 65.4. The summed E-state index contributed by atoms with van der Waals surface area (Å²) in [5.41, 5.74) is 8.53. The molecule has 3 aromatic rings. The number of primary amides is 1. The number of benzene rings is 3. The molecule has 3 aromatic carbocycles. The van der Waals surface area contributed by atoms with E-state index in [0.717, 1.165) is 16.0 Å². The normalized spacial score (nSPS) is 15.8. The van der Waals surface area contributed by atoms with Crippen LogP contribution in [0, 0.1) is 11.8 Å². The summed E-state index contributed by atoms with van der Waals surface area (Å²) in [6.45, 7) is 28.0. The molecule has 2 fully saturated rings. The summed E-state index contributed by atoms with van der Waals surface area (Å²) in [6, 6.07) is 10.3. The predicted octanol–water partition coefficient (Wildman–Crippen LogP) is 11.7. The van der Waals surface area contributed by atoms with E-state index in [4.69, 9.17) is 38.6 Å². The third-order valence-corrected chi connectivity index (χ3v) is 26.1. The van der Waals surface area contributed by atoms with Crippen molar-refractivity contribution in [2.45, 2.75) is 180 Å². The number of urea groups is 1. The van der Waals surface area contributed by atoms with Crippen molar-refractivity contribution in [3.8, 4) is 23.0 Å². The third-order valence-electron chi connectivity index (χ3n) is 18.7. The van der Waals surface area contributed by atoms with Gasteiger partial charge in [-0.3, -0.25) is 49.1 Å². The van der Waals surface area contributed by atoms with Gasteiger partial charge in [0.15, 0.2) is 37.1 Å². The van der Waals surface area contributed by atoms with E-state index in [2.05, 4.69) is 82.1 Å². The number of amides is 9. The molecule has 0 saturated carbocycles. The van der Waals surface area contributed by atoms with Crippen LogP contribution >= 0.6 is 21.6 Å². The van der Waals surface area contributed by atoms with Gasteiger partial charge in [-0.05, 0) is 105 Å². The van der Waals surface area contributed by atoms with Crippen molar-refractivity contribution >= 4 is 101 Å². The van der Waals surface area contributed by atoms with Crippen LogP contribution in [0.15, 0.2) is 85.0 Å². The number of nitrogens with one attached hydrogen (secondary N) is 4. The maximum absolute atomic E-state index is 14.9. The molecule has 105 heavy (non-hydrogen) atoms. The highest BCUT2D eigenvalue weighted by Gasteiger charge is 2.41. The minimum Gasteiger partial charge on any atom is -0.493 e. The van der Waals surface area contributed by atoms with Crippen LogP contribution in [0.5, 0.6) is 23.0 Å². The number of nitrogens with two attached hydrogens (primary N) is 1. The molecule has 3 aliphatic rings. The Hall–Kier alpha value is -8.38. The average molecular weight is 1510 g/mol. The van der Waals surface area contributed by atoms with Crippen LogP contribution in [0.4, 0.5) is 25.8 Å². The Morgan fingerprint density at radius 1 is 0.705 bits per heavy atom. The first-order chi connectivity index (χ1) is 49.8. The number of aliphatic hydroxyl groups is 1. The number of imide groups is 1. The number of aliphatic hydroxyl groups excluding tert-OH is 1. The monoisotopic (exact) mass is 1510 g/mol. The maximum atomic E-state index is 14.9. The SMILES string of the molecule is C=C1C[C@@H](CO)N(C(=O)c2cc(OC)c(OCCCCCOc3cc(NC(=O)OCc4ccc(CC(=O)[C@H](CCCNC(N)=O)NC(=O)[C@@H](CC(=O)CCCCCN5C(=O)C=CC5=O)C(C)C)cc4)c(C(=O)N4CC(=C)C[C@H]4CO[Si](C)(C)C(C)(C)C)cc3OC)cc2NC(=O)OCCSSC(C)C)C1. The van der Waals surface area contributed by atoms with Crippen molar-refractivity contribution in [1.29, 1.82) is 0 Å². The minimum atomic E-state index is -2.24. The number of ether oxygens (including phenoxy) is 6. The lowest BCUT2D eigenvalue weighted by atomic mass is 9.88. The minimum absolute atomic E-state index is 0.0442. The summed E-state index contributed by atoms with van der Waals surface area (Å²) < 4.78 is 42.0. The van der Waals surface area contributed by atoms with Gasteiger partial charge in [0.2, 0.25) is 5.91 Å². The molecule has 7 N–H and O–H groups in total. The molecule has 3 heterocycles. The topological polar surface area (TPSA) is 339 Å². The highest BCUT2D eigenvalue weighted by molar-refractivity contribution is 8.76. The molecule has 9 amide bonds. The first-order valence-electron chi connectivity index (χ1n) is 35.9. The van der Waals surface area contributed by atoms with Gasteiger partial charge >= 0.3 is 18.2 Å². The second kappa shape index (κ2) is 41.5. The quantitative estimate of drug-likeness (QED) is 0.0101. The molecule has 29 heteroatoms. The van der Waals surface area contributed by atoms with E-state index in [-0.39, 0.29) is 177 Å². The Morgan fingerprint density at radius 3 is 1.78 bits per heavy atom. The van der Waals surface area contributed by atoms with Crippen molar-refractivity contribution in [3.63, 3.8) is 0 Å². The van der Waals surface area contributed by atoms with E-state index >= 15 is 0 Å². The molecule has 4 atom stereocenters. The first-order valence-corrected chi connectivity index (χ1v) is 41.2. The number of anilines is 2. The Balaban J connectivity index is 1.11. The van der Waals surface area contributed by atoms with Crippen molar-refractivity contribution in [1.82, 2.24) is 25.3 Å². The van der Waals surface area contributed by atoms with Crippen LogP contribution in [0.3, 0.4) is 0 Å². The van der Waals surface area contributed by atoms with Gasteiger partial charge in [-0.15, -0.1) is 0 Å². The maximum Gasteiger partial charge on any atom is 0.411 e. The number of ketones is 2. The number of carbonyl (C=O) groups excluding carboxylic acids is 10. The molecule has 0 bridgehead atoms. The van der Waals surface area contributed by atoms with Gasteiger partial charge in [0.05, 0.1) is 81.3 Å². The van der Waals surface area contributed by atoms with Gasteiger partial charge in [0.1, 0.15) is 19.0 Å². The van der Waals surface area contributed by atoms with Gasteiger partial charge in [-0.2, -0.15) is 0 Å². The van der Waals surface area contributed by atoms with Crippen LogP contribution in [-0.4, -0.2) is 190 Å². The molecule has 0 spiro atoms. The highest BCUT2D eigenvalue weighted by atomic mass is 33.1. The number of Topliss-reactive ketones (excluding diaryl/α,β-unsaturated/α-hetero) is 2. The number of likely N-dealkylation sites (tertiary alicyclic amines) is 2. The Labute approximate surface area is 626 Å². The Kier molecular flexibility index (Phi) is 33.8. The predicted molar refractivity (Wildman–Crippen MR) is 408 cm³/mol. The fraction of sp³-hybridized carbons (Fsp3) is 0.553. The lowest BCUT2D eigenvalue weighted by Gasteiger charge is -2.38. The Morgan fingerprint density at radius 2 is 1.25 bits per heavy atom. The van der Waals surface area contributed by atoms with Crippen molar-refractivity contribution in [2.75, 3.05) is 89.8 Å². The zero-order valence-electron chi connectivity index (χ0n) is 62.7. The van der Waals surface area contributed by atoms with Gasteiger partial charge in [0, 0.05) is 86.6 Å². The molecule has 0 unspecified atom stereocenters. The molecule has 6 rings (SSSR count). The molecule has 0 radical (unpaired) electrons. The number of unbranched alkanes of at least 4 members (excludes halogenated alkanes) is 4. The standard InChI is InChI=1S/C76H108N8O18S2Si/c1-48(2)57(38-56(86)21-16-14-17-30-82-68(88)27-28-69(82)89)70(90)79-60(22-20-29-78-73(77)93)63(87)37-52-23-25-53(26-24-52)46-101-75(95)81-62-42-67(65(97-11)40-59(62)72(92)84-44-51(6)36-55(84)47-102-105(12,13)76(7,8)9)99-32-19-15-18-31-98-66-41-61(80-74(94)100-33-34-103-104-49(3)4)58(39-64(66)96-10)71(91)83-43-50(5)35-54(83)45-85/h23-28,39-42,48-49,54-55,57,60,85H,5-6,14-22,29-38,43-47H2,1-4,7-13H3,(H,79,90)(H,80,94)(H,81,95)(H3,77,78,93)/t54-,55-,57-,60-/m0/s1. The largest absolute Gasteiger partial charge is 0.493 e. The summed E-state index contributed by atoms with van der Waals surface area (Å²) in [7, 11) is 3.90. The molecular weight excluding hydrogens is 1410 g/mol. The number of hydrogen-bond acceptors (Lipinski definition) is 20. The molecular formula is C76H108N8O18S2Si. The molecule has 0 aromatic heterocycles. The molecule has 0 aliphatic carbocycles. The highest BCUT2D eigenvalue weighted by Crippen LogP contribution is 2.41. The summed E-state index contributed by atoms with van der Waals surface area (Å²) in [6.07, 6.45) is 5.62. The average Bonchev–Trinajstić information content (AvgIpc) is 1.78. The number of rotatable bonds is 43. The van der Waals surface area contributed by atoms with Crippen molar-refractivity contribution in [2.24, 2.45) is 17.6 Å². The summed E-state index contributed by atoms with van der Waals surface area (Å²) >= 11 is 0. The third kappa shape index (κ3) is 26.6. The molecule has 2 saturated heterocycles. The lowest BCUT2D eigenvalue weighted by molar-refractivity contribution is -0.137. The zero-order chi connectivity index (χ0) is 77.1. The summed E-state index contributed by atoms with van der Waals surface area (Å²) in [5, 5.41) is 21.4. The van der Waals surface area contributed by atoms with E-state index in [1.165, 1.54) is 55.5 Å². The fourth-order valence-electron chi connectivity index (χ4n) is 11.7. The summed E-state index contributed by atoms with van der Waals surface area (Å²) in [5.74, 6) is -1.93. The molecule has 26 nitrogen and oxygen atoms in total. The van der Waals surface area contributed by atoms with Crippen LogP contribution in [0.2, 0.25) is 18.1 Å². The number of nitrogens with zero attached hydrogens (tertiary/aromatic N) is 3. The van der Waals surface area contributed by atoms with E-state index in [1.54, 1.807) is 50.8 Å². The second-order valence-electron chi connectivity index (χ2n) is 28.6. The van der Waals surface area contributed by atoms with Crippen molar-refractivity contribution in [3.05, 3.63) is 107 Å². The smallest absolute Gasteiger partial charge is 0.411 e. The number of hydrogen-bond donors (Lipinski definition) is 6. The van der Waals surface area contributed by atoms with Gasteiger partial charge < -0.3 is 64.1 Å². The van der Waals surface area contributed by atoms with Crippen LogP contribution < -0.4 is 45.9 Å². The fourth-order valence-corrected chi connectivity index (χ4v) is 14.6. The molecule has 3 aliphatic heterocycles. The van der Waals surface area contributed by atoms with Crippen LogP contribution in [0.25, 0.3) is 0 Å². The second-order valence-corrected chi connectivity index (χ2v) is 36.5. The Bertz CT molecular complexity index is 3580. The number of carbonyl (C=O) groups is 10. The van der Waals surface area contributed by atoms with Gasteiger partial charge in [-0.1, -0.05) is 125 Å². The first kappa shape index (κ1) is 85.5. The van der Waals surface area contributed by atoms with E-state index < -0.39 is 62.3 Å². The van der Waals surface area contributed by atoms with Gasteiger partial charge in [0.25, 0.3) is 23.6 Å². The number of methoxy groups -OCH3 is 2. The van der Waals surface area contributed by atoms with E-state index in [0.29, 0.717) is 79.9 Å². The molecule has 576 valence electrons. The van der Waals surface area contributed by atoms with E-state index in [9.17, 15) is 53.1 Å². The van der Waals surface area contributed by atoms with E-state index in [1.807, 2.05) is 13.8 Å². The van der Waals surface area contributed by atoms with Crippen LogP contribution in [-0.2, 0) is 50.9 Å². The van der Waals surface area contributed by atoms with Crippen molar-refractivity contribution < 1.29 is 85.9 Å². The van der Waals surface area contributed by atoms with Crippen LogP contribution in [0.1, 0.15) is 157 Å². The van der Waals surface area contributed by atoms with Gasteiger partial charge in [-0.25, -0.2) is 14.4 Å². The summed E-state index contributed by atoms with van der Waals surface area (Å²) in [4.78, 5) is 137. The lowest BCUT2D eigenvalue weighted by Crippen LogP contribution is -2.46.